The summed E-state index contributed by atoms with van der Waals surface area (Å²) in [4.78, 5) is 14.6. The second-order valence-corrected chi connectivity index (χ2v) is 11.4. The summed E-state index contributed by atoms with van der Waals surface area (Å²) in [5.41, 5.74) is 3.59. The zero-order valence-corrected chi connectivity index (χ0v) is 21.1. The number of likely N-dealkylation sites (tertiary alicyclic amines) is 1. The van der Waals surface area contributed by atoms with Gasteiger partial charge in [-0.25, -0.2) is 8.42 Å². The zero-order valence-electron chi connectivity index (χ0n) is 20.3. The van der Waals surface area contributed by atoms with E-state index in [1.54, 1.807) is 7.05 Å². The maximum atomic E-state index is 12.0. The van der Waals surface area contributed by atoms with Gasteiger partial charge in [-0.2, -0.15) is 0 Å². The van der Waals surface area contributed by atoms with Gasteiger partial charge in [0, 0.05) is 25.1 Å². The van der Waals surface area contributed by atoms with Crippen molar-refractivity contribution in [3.8, 4) is 5.75 Å². The Bertz CT molecular complexity index is 1120. The molecule has 0 saturated carbocycles. The van der Waals surface area contributed by atoms with Crippen LogP contribution in [0.25, 0.3) is 0 Å². The summed E-state index contributed by atoms with van der Waals surface area (Å²) in [6, 6.07) is 13.7. The lowest BCUT2D eigenvalue weighted by Gasteiger charge is -2.26. The minimum atomic E-state index is -3.29. The van der Waals surface area contributed by atoms with Crippen molar-refractivity contribution in [3.05, 3.63) is 59.2 Å². The topological polar surface area (TPSA) is 79.0 Å². The average Bonchev–Trinajstić information content (AvgIpc) is 3.06. The van der Waals surface area contributed by atoms with Crippen molar-refractivity contribution in [2.75, 3.05) is 43.8 Å². The van der Waals surface area contributed by atoms with E-state index in [2.05, 4.69) is 29.3 Å². The number of carbonyl (C=O) groups is 1. The molecule has 2 atom stereocenters. The Morgan fingerprint density at radius 2 is 1.85 bits per heavy atom. The fourth-order valence-electron chi connectivity index (χ4n) is 5.00. The first-order valence-corrected chi connectivity index (χ1v) is 13.9. The van der Waals surface area contributed by atoms with Gasteiger partial charge < -0.3 is 15.0 Å². The molecule has 1 amide bonds. The Morgan fingerprint density at radius 3 is 2.56 bits per heavy atom. The molecule has 7 nitrogen and oxygen atoms in total. The van der Waals surface area contributed by atoms with Gasteiger partial charge in [-0.1, -0.05) is 25.1 Å². The number of carbonyl (C=O) groups excluding carboxylic acids is 1. The maximum absolute atomic E-state index is 12.0. The Kier molecular flexibility index (Phi) is 7.48. The summed E-state index contributed by atoms with van der Waals surface area (Å²) < 4.78 is 31.4. The lowest BCUT2D eigenvalue weighted by atomic mass is 9.83. The number of sulfonamides is 1. The fraction of sp³-hybridized carbons (Fsp3) is 0.500. The molecule has 8 heteroatoms. The van der Waals surface area contributed by atoms with Gasteiger partial charge >= 0.3 is 0 Å². The first kappa shape index (κ1) is 24.5. The van der Waals surface area contributed by atoms with Crippen LogP contribution in [-0.2, 0) is 16.6 Å². The summed E-state index contributed by atoms with van der Waals surface area (Å²) in [6.07, 6.45) is 4.41. The monoisotopic (exact) mass is 485 g/mol. The van der Waals surface area contributed by atoms with Crippen molar-refractivity contribution in [2.24, 2.45) is 5.92 Å². The highest BCUT2D eigenvalue weighted by molar-refractivity contribution is 7.92. The van der Waals surface area contributed by atoms with Crippen LogP contribution in [-0.4, -0.2) is 58.8 Å². The smallest absolute Gasteiger partial charge is 0.252 e. The predicted molar refractivity (Wildman–Crippen MR) is 135 cm³/mol. The SMILES string of the molecule is CCCN1CC[C@H](COc2ccc3c(c2)C(=O)NC3)[C@@H](c2ccc(N(C)S(C)(=O)=O)cc2)CC1. The molecule has 0 aliphatic carbocycles. The molecule has 0 radical (unpaired) electrons. The highest BCUT2D eigenvalue weighted by atomic mass is 32.2. The van der Waals surface area contributed by atoms with Crippen LogP contribution in [0.5, 0.6) is 5.75 Å². The van der Waals surface area contributed by atoms with Crippen LogP contribution < -0.4 is 14.4 Å². The lowest BCUT2D eigenvalue weighted by Crippen LogP contribution is -2.25. The van der Waals surface area contributed by atoms with Crippen LogP contribution in [0.15, 0.2) is 42.5 Å². The minimum absolute atomic E-state index is 0.0397. The van der Waals surface area contributed by atoms with Crippen molar-refractivity contribution >= 4 is 21.6 Å². The molecule has 4 rings (SSSR count). The molecular formula is C26H35N3O4S. The average molecular weight is 486 g/mol. The van der Waals surface area contributed by atoms with Crippen LogP contribution in [0.3, 0.4) is 0 Å². The van der Waals surface area contributed by atoms with E-state index >= 15 is 0 Å². The molecule has 1 fully saturated rings. The summed E-state index contributed by atoms with van der Waals surface area (Å²) in [5, 5.41) is 2.85. The largest absolute Gasteiger partial charge is 0.493 e. The van der Waals surface area contributed by atoms with Crippen molar-refractivity contribution in [2.45, 2.75) is 38.6 Å². The van der Waals surface area contributed by atoms with Gasteiger partial charge in [0.05, 0.1) is 18.6 Å². The first-order chi connectivity index (χ1) is 16.3. The number of hydrogen-bond acceptors (Lipinski definition) is 5. The number of benzene rings is 2. The minimum Gasteiger partial charge on any atom is -0.493 e. The van der Waals surface area contributed by atoms with Gasteiger partial charge in [0.15, 0.2) is 0 Å². The van der Waals surface area contributed by atoms with Gasteiger partial charge in [-0.15, -0.1) is 0 Å². The molecule has 0 unspecified atom stereocenters. The number of ether oxygens (including phenoxy) is 1. The van der Waals surface area contributed by atoms with E-state index in [0.29, 0.717) is 36.2 Å². The van der Waals surface area contributed by atoms with Crippen molar-refractivity contribution in [3.63, 3.8) is 0 Å². The number of fused-ring (bicyclic) bond motifs is 1. The number of hydrogen-bond donors (Lipinski definition) is 1. The molecule has 2 aromatic rings. The second-order valence-electron chi connectivity index (χ2n) is 9.42. The van der Waals surface area contributed by atoms with E-state index in [1.165, 1.54) is 16.1 Å². The number of amides is 1. The Labute approximate surface area is 203 Å². The van der Waals surface area contributed by atoms with Gasteiger partial charge in [0.1, 0.15) is 5.75 Å². The first-order valence-electron chi connectivity index (χ1n) is 12.1. The molecule has 0 bridgehead atoms. The molecule has 0 spiro atoms. The van der Waals surface area contributed by atoms with Gasteiger partial charge in [-0.05, 0) is 80.2 Å². The van der Waals surface area contributed by atoms with Crippen LogP contribution in [0.1, 0.15) is 53.6 Å². The number of anilines is 1. The predicted octanol–water partition coefficient (Wildman–Crippen LogP) is 3.61. The van der Waals surface area contributed by atoms with Crippen LogP contribution in [0.2, 0.25) is 0 Å². The molecule has 2 aromatic carbocycles. The fourth-order valence-corrected chi connectivity index (χ4v) is 5.51. The molecule has 34 heavy (non-hydrogen) atoms. The molecule has 0 aromatic heterocycles. The summed E-state index contributed by atoms with van der Waals surface area (Å²) in [6.45, 7) is 6.55. The van der Waals surface area contributed by atoms with Crippen LogP contribution >= 0.6 is 0 Å². The maximum Gasteiger partial charge on any atom is 0.252 e. The van der Waals surface area contributed by atoms with Gasteiger partial charge in [0.2, 0.25) is 10.0 Å². The molecule has 2 aliphatic rings. The third-order valence-corrected chi connectivity index (χ3v) is 8.30. The molecule has 2 heterocycles. The Balaban J connectivity index is 1.52. The lowest BCUT2D eigenvalue weighted by molar-refractivity contribution is 0.0965. The second kappa shape index (κ2) is 10.4. The highest BCUT2D eigenvalue weighted by Crippen LogP contribution is 2.35. The van der Waals surface area contributed by atoms with Crippen molar-refractivity contribution < 1.29 is 17.9 Å². The number of rotatable bonds is 8. The molecule has 2 aliphatic heterocycles. The Hall–Kier alpha value is -2.58. The van der Waals surface area contributed by atoms with E-state index in [9.17, 15) is 13.2 Å². The van der Waals surface area contributed by atoms with Gasteiger partial charge in [0.25, 0.3) is 5.91 Å². The molecule has 1 saturated heterocycles. The van der Waals surface area contributed by atoms with E-state index in [4.69, 9.17) is 4.74 Å². The third kappa shape index (κ3) is 5.55. The van der Waals surface area contributed by atoms with Crippen molar-refractivity contribution in [1.29, 1.82) is 0 Å². The van der Waals surface area contributed by atoms with Crippen LogP contribution in [0.4, 0.5) is 5.69 Å². The zero-order chi connectivity index (χ0) is 24.3. The van der Waals surface area contributed by atoms with Gasteiger partial charge in [-0.3, -0.25) is 9.10 Å². The van der Waals surface area contributed by atoms with Crippen LogP contribution in [0, 0.1) is 5.92 Å². The number of nitrogens with zero attached hydrogens (tertiary/aromatic N) is 2. The highest BCUT2D eigenvalue weighted by Gasteiger charge is 2.29. The third-order valence-electron chi connectivity index (χ3n) is 7.09. The van der Waals surface area contributed by atoms with E-state index in [0.717, 1.165) is 50.2 Å². The van der Waals surface area contributed by atoms with E-state index in [1.807, 2.05) is 30.3 Å². The quantitative estimate of drug-likeness (QED) is 0.618. The van der Waals surface area contributed by atoms with E-state index in [-0.39, 0.29) is 5.91 Å². The molecule has 1 N–H and O–H groups in total. The summed E-state index contributed by atoms with van der Waals surface area (Å²) >= 11 is 0. The molecule has 184 valence electrons. The van der Waals surface area contributed by atoms with E-state index < -0.39 is 10.0 Å². The molecular weight excluding hydrogens is 450 g/mol. The van der Waals surface area contributed by atoms with Crippen molar-refractivity contribution in [1.82, 2.24) is 10.2 Å². The Morgan fingerprint density at radius 1 is 1.12 bits per heavy atom. The normalized spacial score (nSPS) is 21.0. The summed E-state index contributed by atoms with van der Waals surface area (Å²) in [7, 11) is -1.72. The number of nitrogens with one attached hydrogen (secondary N) is 1. The standard InChI is InChI=1S/C26H35N3O4S/c1-4-13-29-14-11-21(18-33-23-10-7-20-17-27-26(30)25(20)16-23)24(12-15-29)19-5-8-22(9-6-19)28(2)34(3,31)32/h5-10,16,21,24H,4,11-15,17-18H2,1-3H3,(H,27,30)/t21-,24-/m1/s1. The summed E-state index contributed by atoms with van der Waals surface area (Å²) in [5.74, 6) is 1.33.